The smallest absolute Gasteiger partial charge is 0.0749 e. The summed E-state index contributed by atoms with van der Waals surface area (Å²) in [4.78, 5) is 0. The Bertz CT molecular complexity index is 446. The Morgan fingerprint density at radius 2 is 1.88 bits per heavy atom. The van der Waals surface area contributed by atoms with Crippen LogP contribution in [0.1, 0.15) is 72.1 Å². The first kappa shape index (κ1) is 22.1. The Morgan fingerprint density at radius 3 is 2.56 bits per heavy atom. The van der Waals surface area contributed by atoms with E-state index in [1.807, 2.05) is 12.2 Å². The van der Waals surface area contributed by atoms with Gasteiger partial charge in [-0.3, -0.25) is 0 Å². The van der Waals surface area contributed by atoms with Crippen molar-refractivity contribution in [2.24, 2.45) is 11.8 Å². The lowest BCUT2D eigenvalue weighted by atomic mass is 9.92. The summed E-state index contributed by atoms with van der Waals surface area (Å²) in [6.45, 7) is 6.50. The third-order valence-corrected chi connectivity index (χ3v) is 5.08. The van der Waals surface area contributed by atoms with Gasteiger partial charge in [0.15, 0.2) is 0 Å². The van der Waals surface area contributed by atoms with Crippen molar-refractivity contribution in [3.05, 3.63) is 35.5 Å². The number of hydrogen-bond acceptors (Lipinski definition) is 3. The predicted molar refractivity (Wildman–Crippen MR) is 105 cm³/mol. The molecule has 1 aliphatic carbocycles. The van der Waals surface area contributed by atoms with Gasteiger partial charge >= 0.3 is 0 Å². The van der Waals surface area contributed by atoms with Gasteiger partial charge in [-0.2, -0.15) is 0 Å². The van der Waals surface area contributed by atoms with Crippen LogP contribution in [-0.4, -0.2) is 34.1 Å². The molecule has 2 unspecified atom stereocenters. The van der Waals surface area contributed by atoms with Crippen LogP contribution in [0, 0.1) is 11.8 Å². The van der Waals surface area contributed by atoms with Gasteiger partial charge in [-0.25, -0.2) is 0 Å². The molecule has 3 heteroatoms. The lowest BCUT2D eigenvalue weighted by Crippen LogP contribution is -2.18. The zero-order valence-corrected chi connectivity index (χ0v) is 16.3. The molecule has 0 aliphatic heterocycles. The second kappa shape index (κ2) is 12.5. The van der Waals surface area contributed by atoms with Crippen LogP contribution in [-0.2, 0) is 0 Å². The van der Waals surface area contributed by atoms with E-state index in [4.69, 9.17) is 5.11 Å². The Labute approximate surface area is 154 Å². The molecule has 0 saturated carbocycles. The zero-order chi connectivity index (χ0) is 18.7. The normalized spacial score (nSPS) is 22.9. The minimum absolute atomic E-state index is 0.0581. The zero-order valence-electron chi connectivity index (χ0n) is 16.3. The number of aliphatic hydroxyl groups excluding tert-OH is 3. The maximum atomic E-state index is 10.3. The Morgan fingerprint density at radius 1 is 1.20 bits per heavy atom. The van der Waals surface area contributed by atoms with Crippen molar-refractivity contribution in [3.8, 4) is 0 Å². The summed E-state index contributed by atoms with van der Waals surface area (Å²) in [5, 5.41) is 29.4. The number of hydrogen-bond donors (Lipinski definition) is 3. The van der Waals surface area contributed by atoms with Crippen LogP contribution in [0.4, 0.5) is 0 Å². The number of unbranched alkanes of at least 4 members (excludes halogenated alkanes) is 4. The molecule has 0 bridgehead atoms. The fourth-order valence-corrected chi connectivity index (χ4v) is 3.28. The van der Waals surface area contributed by atoms with E-state index < -0.39 is 6.10 Å². The first-order valence-corrected chi connectivity index (χ1v) is 9.93. The summed E-state index contributed by atoms with van der Waals surface area (Å²) in [5.41, 5.74) is 2.59. The molecule has 0 aromatic heterocycles. The molecule has 25 heavy (non-hydrogen) atoms. The van der Waals surface area contributed by atoms with Gasteiger partial charge in [-0.05, 0) is 51.9 Å². The molecule has 0 aromatic rings. The molecule has 1 rings (SSSR count). The summed E-state index contributed by atoms with van der Waals surface area (Å²) in [7, 11) is 0. The van der Waals surface area contributed by atoms with E-state index in [0.29, 0.717) is 6.61 Å². The topological polar surface area (TPSA) is 60.7 Å². The Kier molecular flexibility index (Phi) is 11.0. The molecule has 0 radical (unpaired) electrons. The van der Waals surface area contributed by atoms with E-state index >= 15 is 0 Å². The molecule has 0 heterocycles. The number of aliphatic hydroxyl groups is 3. The van der Waals surface area contributed by atoms with Crippen LogP contribution in [0.3, 0.4) is 0 Å². The molecule has 0 spiro atoms. The third-order valence-electron chi connectivity index (χ3n) is 5.08. The van der Waals surface area contributed by atoms with Crippen LogP contribution in [0.2, 0.25) is 0 Å². The standard InChI is InChI=1S/C22H38O3/c1-17(2)10-11-18(3)21(24)15-13-20-19(12-14-22(20)25)9-7-5-4-6-8-16-23/h10,12-13,15,18,20-25H,4-9,11,14,16H2,1-3H3/b15-13+/t18?,20-,21?,22-/m1/s1. The van der Waals surface area contributed by atoms with E-state index in [1.165, 1.54) is 17.6 Å². The van der Waals surface area contributed by atoms with Gasteiger partial charge in [0.05, 0.1) is 12.2 Å². The molecule has 3 nitrogen and oxygen atoms in total. The van der Waals surface area contributed by atoms with Crippen molar-refractivity contribution in [2.45, 2.75) is 84.3 Å². The largest absolute Gasteiger partial charge is 0.396 e. The van der Waals surface area contributed by atoms with Crippen molar-refractivity contribution >= 4 is 0 Å². The van der Waals surface area contributed by atoms with Crippen molar-refractivity contribution in [1.29, 1.82) is 0 Å². The maximum absolute atomic E-state index is 10.3. The van der Waals surface area contributed by atoms with Crippen LogP contribution in [0.15, 0.2) is 35.5 Å². The minimum Gasteiger partial charge on any atom is -0.396 e. The van der Waals surface area contributed by atoms with Gasteiger partial charge in [0, 0.05) is 12.5 Å². The number of allylic oxidation sites excluding steroid dienone is 2. The molecule has 4 atom stereocenters. The molecule has 0 aromatic carbocycles. The summed E-state index contributed by atoms with van der Waals surface area (Å²) in [6, 6.07) is 0. The molecule has 144 valence electrons. The Hall–Kier alpha value is -0.900. The molecule has 0 amide bonds. The first-order valence-electron chi connectivity index (χ1n) is 9.93. The highest BCUT2D eigenvalue weighted by molar-refractivity contribution is 5.22. The average Bonchev–Trinajstić information content (AvgIpc) is 2.93. The minimum atomic E-state index is -0.469. The van der Waals surface area contributed by atoms with E-state index in [0.717, 1.165) is 44.9 Å². The maximum Gasteiger partial charge on any atom is 0.0749 e. The van der Waals surface area contributed by atoms with Crippen molar-refractivity contribution < 1.29 is 15.3 Å². The molecule has 0 fully saturated rings. The van der Waals surface area contributed by atoms with Crippen molar-refractivity contribution in [3.63, 3.8) is 0 Å². The Balaban J connectivity index is 2.43. The van der Waals surface area contributed by atoms with Crippen LogP contribution in [0.5, 0.6) is 0 Å². The fraction of sp³-hybridized carbons (Fsp3) is 0.727. The van der Waals surface area contributed by atoms with Gasteiger partial charge in [-0.1, -0.05) is 61.6 Å². The fourth-order valence-electron chi connectivity index (χ4n) is 3.28. The van der Waals surface area contributed by atoms with Crippen molar-refractivity contribution in [2.75, 3.05) is 6.61 Å². The lowest BCUT2D eigenvalue weighted by molar-refractivity contribution is 0.150. The SMILES string of the molecule is CC(C)=CCC(C)C(O)/C=C/[C@@H]1C(CCCCCCCO)=CC[C@H]1O. The second-order valence-corrected chi connectivity index (χ2v) is 7.72. The quantitative estimate of drug-likeness (QED) is 0.358. The highest BCUT2D eigenvalue weighted by Gasteiger charge is 2.25. The third kappa shape index (κ3) is 8.84. The van der Waals surface area contributed by atoms with Gasteiger partial charge in [0.25, 0.3) is 0 Å². The molecular formula is C22H38O3. The van der Waals surface area contributed by atoms with E-state index in [9.17, 15) is 10.2 Å². The summed E-state index contributed by atoms with van der Waals surface area (Å²) < 4.78 is 0. The van der Waals surface area contributed by atoms with Gasteiger partial charge < -0.3 is 15.3 Å². The summed E-state index contributed by atoms with van der Waals surface area (Å²) in [6.07, 6.45) is 15.5. The monoisotopic (exact) mass is 350 g/mol. The predicted octanol–water partition coefficient (Wildman–Crippen LogP) is 4.54. The van der Waals surface area contributed by atoms with Crippen LogP contribution >= 0.6 is 0 Å². The van der Waals surface area contributed by atoms with Gasteiger partial charge in [-0.15, -0.1) is 0 Å². The molecule has 3 N–H and O–H groups in total. The van der Waals surface area contributed by atoms with Gasteiger partial charge in [0.1, 0.15) is 0 Å². The van der Waals surface area contributed by atoms with E-state index in [1.54, 1.807) is 0 Å². The summed E-state index contributed by atoms with van der Waals surface area (Å²) >= 11 is 0. The highest BCUT2D eigenvalue weighted by Crippen LogP contribution is 2.32. The first-order chi connectivity index (χ1) is 12.0. The van der Waals surface area contributed by atoms with E-state index in [-0.39, 0.29) is 17.9 Å². The lowest BCUT2D eigenvalue weighted by Gasteiger charge is -2.18. The van der Waals surface area contributed by atoms with E-state index in [2.05, 4.69) is 32.9 Å². The van der Waals surface area contributed by atoms with Crippen molar-refractivity contribution in [1.82, 2.24) is 0 Å². The summed E-state index contributed by atoms with van der Waals surface area (Å²) in [5.74, 6) is 0.242. The second-order valence-electron chi connectivity index (χ2n) is 7.72. The highest BCUT2D eigenvalue weighted by atomic mass is 16.3. The van der Waals surface area contributed by atoms with Crippen LogP contribution < -0.4 is 0 Å². The molecular weight excluding hydrogens is 312 g/mol. The van der Waals surface area contributed by atoms with Crippen LogP contribution in [0.25, 0.3) is 0 Å². The van der Waals surface area contributed by atoms with Gasteiger partial charge in [0.2, 0.25) is 0 Å². The molecule has 1 aliphatic rings. The molecule has 0 saturated heterocycles. The number of rotatable bonds is 12. The average molecular weight is 351 g/mol.